The van der Waals surface area contributed by atoms with Gasteiger partial charge in [-0.1, -0.05) is 27.7 Å². The molecule has 4 rings (SSSR count). The van der Waals surface area contributed by atoms with Crippen molar-refractivity contribution < 1.29 is 9.18 Å². The molecule has 0 radical (unpaired) electrons. The first-order chi connectivity index (χ1) is 12.2. The van der Waals surface area contributed by atoms with Gasteiger partial charge in [-0.25, -0.2) is 4.39 Å². The van der Waals surface area contributed by atoms with Gasteiger partial charge in [0.15, 0.2) is 0 Å². The number of carbonyl (C=O) groups excluding carboxylic acids is 1. The molecule has 0 saturated heterocycles. The molecule has 26 heavy (non-hydrogen) atoms. The molecule has 1 heterocycles. The predicted molar refractivity (Wildman–Crippen MR) is 104 cm³/mol. The Morgan fingerprint density at radius 2 is 1.85 bits per heavy atom. The zero-order valence-electron chi connectivity index (χ0n) is 16.6. The van der Waals surface area contributed by atoms with Gasteiger partial charge < -0.3 is 4.90 Å². The second-order valence-corrected chi connectivity index (χ2v) is 9.98. The van der Waals surface area contributed by atoms with Crippen LogP contribution in [0.5, 0.6) is 0 Å². The van der Waals surface area contributed by atoms with Gasteiger partial charge >= 0.3 is 0 Å². The van der Waals surface area contributed by atoms with Crippen molar-refractivity contribution in [3.8, 4) is 0 Å². The fourth-order valence-corrected chi connectivity index (χ4v) is 6.32. The van der Waals surface area contributed by atoms with Gasteiger partial charge in [-0.05, 0) is 80.0 Å². The number of amides is 1. The lowest BCUT2D eigenvalue weighted by Crippen LogP contribution is -2.48. The number of halogens is 1. The number of fused-ring (bicyclic) bond motifs is 3. The van der Waals surface area contributed by atoms with Crippen LogP contribution in [0, 0.1) is 29.0 Å². The fourth-order valence-electron chi connectivity index (χ4n) is 6.32. The second kappa shape index (κ2) is 6.07. The van der Waals surface area contributed by atoms with Crippen molar-refractivity contribution in [1.29, 1.82) is 0 Å². The number of rotatable bonds is 2. The smallest absolute Gasteiger partial charge is 0.232 e. The molecule has 2 saturated carbocycles. The predicted octanol–water partition coefficient (Wildman–Crippen LogP) is 5.69. The standard InChI is InChI=1S/C23H32FNO/c1-5-22(3)14-25(20-7-6-18(24)11-19(20)22)21(26)23(4)12-16-8-15(2)9-17(10-16)13-23/h6-7,11,15-17H,5,8-10,12-14H2,1-4H3. The lowest BCUT2D eigenvalue weighted by Gasteiger charge is -2.47. The van der Waals surface area contributed by atoms with Gasteiger partial charge in [-0.2, -0.15) is 0 Å². The van der Waals surface area contributed by atoms with Gasteiger partial charge in [0.25, 0.3) is 0 Å². The topological polar surface area (TPSA) is 20.3 Å². The molecule has 0 spiro atoms. The largest absolute Gasteiger partial charge is 0.311 e. The van der Waals surface area contributed by atoms with Gasteiger partial charge in [-0.15, -0.1) is 0 Å². The quantitative estimate of drug-likeness (QED) is 0.665. The van der Waals surface area contributed by atoms with Crippen molar-refractivity contribution in [3.05, 3.63) is 29.6 Å². The summed E-state index contributed by atoms with van der Waals surface area (Å²) in [4.78, 5) is 15.7. The van der Waals surface area contributed by atoms with E-state index in [4.69, 9.17) is 0 Å². The van der Waals surface area contributed by atoms with Crippen molar-refractivity contribution in [3.63, 3.8) is 0 Å². The van der Waals surface area contributed by atoms with Gasteiger partial charge in [0.1, 0.15) is 5.82 Å². The molecule has 0 aromatic heterocycles. The van der Waals surface area contributed by atoms with Crippen LogP contribution in [-0.4, -0.2) is 12.5 Å². The molecule has 3 atom stereocenters. The van der Waals surface area contributed by atoms with E-state index >= 15 is 0 Å². The van der Waals surface area contributed by atoms with Crippen LogP contribution < -0.4 is 4.90 Å². The number of anilines is 1. The summed E-state index contributed by atoms with van der Waals surface area (Å²) in [6, 6.07) is 4.96. The lowest BCUT2D eigenvalue weighted by molar-refractivity contribution is -0.132. The Bertz CT molecular complexity index is 711. The monoisotopic (exact) mass is 357 g/mol. The minimum Gasteiger partial charge on any atom is -0.311 e. The molecular formula is C23H32FNO. The fraction of sp³-hybridized carbons (Fsp3) is 0.696. The maximum atomic E-state index is 13.9. The maximum Gasteiger partial charge on any atom is 0.232 e. The van der Waals surface area contributed by atoms with Crippen molar-refractivity contribution >= 4 is 11.6 Å². The first-order valence-corrected chi connectivity index (χ1v) is 10.4. The molecule has 1 aromatic carbocycles. The SMILES string of the molecule is CCC1(C)CN(C(=O)C2(C)CC3CC(C)CC(C3)C2)c2ccc(F)cc21. The van der Waals surface area contributed by atoms with Crippen LogP contribution in [0.15, 0.2) is 18.2 Å². The van der Waals surface area contributed by atoms with Crippen molar-refractivity contribution in [2.75, 3.05) is 11.4 Å². The molecular weight excluding hydrogens is 325 g/mol. The highest BCUT2D eigenvalue weighted by Crippen LogP contribution is 2.53. The molecule has 3 heteroatoms. The Morgan fingerprint density at radius 1 is 1.19 bits per heavy atom. The molecule has 3 aliphatic rings. The summed E-state index contributed by atoms with van der Waals surface area (Å²) in [6.45, 7) is 9.54. The minimum absolute atomic E-state index is 0.150. The second-order valence-electron chi connectivity index (χ2n) is 9.98. The Labute approximate surface area is 157 Å². The molecule has 2 fully saturated rings. The van der Waals surface area contributed by atoms with E-state index in [2.05, 4.69) is 27.7 Å². The third kappa shape index (κ3) is 2.78. The number of hydrogen-bond donors (Lipinski definition) is 0. The molecule has 2 bridgehead atoms. The van der Waals surface area contributed by atoms with E-state index in [0.29, 0.717) is 18.4 Å². The van der Waals surface area contributed by atoms with E-state index in [1.54, 1.807) is 6.07 Å². The highest BCUT2D eigenvalue weighted by molar-refractivity contribution is 6.00. The van der Waals surface area contributed by atoms with Gasteiger partial charge in [0.05, 0.1) is 0 Å². The van der Waals surface area contributed by atoms with E-state index in [0.717, 1.165) is 36.4 Å². The van der Waals surface area contributed by atoms with Crippen LogP contribution in [0.1, 0.15) is 71.8 Å². The first kappa shape index (κ1) is 18.0. The Hall–Kier alpha value is -1.38. The normalized spacial score (nSPS) is 39.0. The Kier molecular flexibility index (Phi) is 4.20. The summed E-state index contributed by atoms with van der Waals surface area (Å²) in [6.07, 6.45) is 6.79. The van der Waals surface area contributed by atoms with Gasteiger partial charge in [0.2, 0.25) is 5.91 Å². The molecule has 1 amide bonds. The summed E-state index contributed by atoms with van der Waals surface area (Å²) in [5.74, 6) is 2.26. The molecule has 3 unspecified atom stereocenters. The van der Waals surface area contributed by atoms with Crippen LogP contribution in [0.4, 0.5) is 10.1 Å². The summed E-state index contributed by atoms with van der Waals surface area (Å²) in [7, 11) is 0. The summed E-state index contributed by atoms with van der Waals surface area (Å²) >= 11 is 0. The maximum absolute atomic E-state index is 13.9. The molecule has 0 N–H and O–H groups in total. The number of nitrogens with zero attached hydrogens (tertiary/aromatic N) is 1. The highest BCUT2D eigenvalue weighted by Gasteiger charge is 2.50. The summed E-state index contributed by atoms with van der Waals surface area (Å²) < 4.78 is 13.9. The van der Waals surface area contributed by atoms with Gasteiger partial charge in [-0.3, -0.25) is 4.79 Å². The lowest BCUT2D eigenvalue weighted by atomic mass is 9.59. The average molecular weight is 358 g/mol. The highest BCUT2D eigenvalue weighted by atomic mass is 19.1. The molecule has 1 aromatic rings. The Balaban J connectivity index is 1.65. The van der Waals surface area contributed by atoms with Crippen LogP contribution in [0.3, 0.4) is 0 Å². The van der Waals surface area contributed by atoms with Crippen LogP contribution in [0.2, 0.25) is 0 Å². The van der Waals surface area contributed by atoms with E-state index in [1.165, 1.54) is 25.3 Å². The molecule has 142 valence electrons. The first-order valence-electron chi connectivity index (χ1n) is 10.4. The zero-order chi connectivity index (χ0) is 18.7. The van der Waals surface area contributed by atoms with E-state index in [9.17, 15) is 9.18 Å². The van der Waals surface area contributed by atoms with Crippen molar-refractivity contribution in [2.45, 2.75) is 71.6 Å². The van der Waals surface area contributed by atoms with E-state index in [1.807, 2.05) is 11.0 Å². The van der Waals surface area contributed by atoms with E-state index < -0.39 is 0 Å². The molecule has 2 nitrogen and oxygen atoms in total. The number of benzene rings is 1. The number of carbonyl (C=O) groups is 1. The molecule has 1 aliphatic heterocycles. The third-order valence-corrected chi connectivity index (χ3v) is 7.56. The summed E-state index contributed by atoms with van der Waals surface area (Å²) in [5, 5.41) is 0. The third-order valence-electron chi connectivity index (χ3n) is 7.56. The number of hydrogen-bond acceptors (Lipinski definition) is 1. The summed E-state index contributed by atoms with van der Waals surface area (Å²) in [5.41, 5.74) is 1.52. The van der Waals surface area contributed by atoms with Crippen LogP contribution >= 0.6 is 0 Å². The zero-order valence-corrected chi connectivity index (χ0v) is 16.6. The molecule has 2 aliphatic carbocycles. The van der Waals surface area contributed by atoms with Crippen molar-refractivity contribution in [2.24, 2.45) is 23.2 Å². The average Bonchev–Trinajstić information content (AvgIpc) is 2.86. The Morgan fingerprint density at radius 3 is 2.46 bits per heavy atom. The van der Waals surface area contributed by atoms with Crippen molar-refractivity contribution in [1.82, 2.24) is 0 Å². The van der Waals surface area contributed by atoms with Gasteiger partial charge in [0, 0.05) is 23.1 Å². The minimum atomic E-state index is -0.266. The van der Waals surface area contributed by atoms with Crippen LogP contribution in [-0.2, 0) is 10.2 Å². The van der Waals surface area contributed by atoms with Crippen LogP contribution in [0.25, 0.3) is 0 Å². The van der Waals surface area contributed by atoms with E-state index in [-0.39, 0.29) is 22.6 Å².